The van der Waals surface area contributed by atoms with E-state index in [0.29, 0.717) is 12.1 Å². The SMILES string of the molecule is CCC(C)n1ccc(C=C2CCC(N)CC2)n1. The highest BCUT2D eigenvalue weighted by molar-refractivity contribution is 5.48. The van der Waals surface area contributed by atoms with Crippen LogP contribution in [0.1, 0.15) is 57.7 Å². The van der Waals surface area contributed by atoms with Crippen LogP contribution in [0.5, 0.6) is 0 Å². The summed E-state index contributed by atoms with van der Waals surface area (Å²) in [5, 5.41) is 4.60. The molecule has 94 valence electrons. The van der Waals surface area contributed by atoms with Crippen molar-refractivity contribution < 1.29 is 0 Å². The Kier molecular flexibility index (Phi) is 4.00. The molecule has 1 fully saturated rings. The van der Waals surface area contributed by atoms with Gasteiger partial charge in [0.1, 0.15) is 0 Å². The van der Waals surface area contributed by atoms with E-state index in [-0.39, 0.29) is 0 Å². The Labute approximate surface area is 104 Å². The van der Waals surface area contributed by atoms with E-state index in [0.717, 1.165) is 37.8 Å². The summed E-state index contributed by atoms with van der Waals surface area (Å²) >= 11 is 0. The lowest BCUT2D eigenvalue weighted by Gasteiger charge is -2.19. The highest BCUT2D eigenvalue weighted by atomic mass is 15.3. The molecular formula is C14H23N3. The zero-order valence-electron chi connectivity index (χ0n) is 10.9. The van der Waals surface area contributed by atoms with Gasteiger partial charge in [-0.05, 0) is 51.2 Å². The molecular weight excluding hydrogens is 210 g/mol. The Morgan fingerprint density at radius 1 is 1.53 bits per heavy atom. The minimum absolute atomic E-state index is 0.407. The van der Waals surface area contributed by atoms with Gasteiger partial charge < -0.3 is 5.73 Å². The zero-order chi connectivity index (χ0) is 12.3. The van der Waals surface area contributed by atoms with Gasteiger partial charge in [0.25, 0.3) is 0 Å². The molecule has 0 amide bonds. The minimum Gasteiger partial charge on any atom is -0.328 e. The van der Waals surface area contributed by atoms with Crippen LogP contribution in [0, 0.1) is 0 Å². The summed E-state index contributed by atoms with van der Waals surface area (Å²) in [6.07, 6.45) is 9.96. The van der Waals surface area contributed by atoms with Crippen molar-refractivity contribution in [2.75, 3.05) is 0 Å². The van der Waals surface area contributed by atoms with Gasteiger partial charge in [0.15, 0.2) is 0 Å². The number of aromatic nitrogens is 2. The van der Waals surface area contributed by atoms with Crippen molar-refractivity contribution in [1.29, 1.82) is 0 Å². The lowest BCUT2D eigenvalue weighted by atomic mass is 9.91. The van der Waals surface area contributed by atoms with Gasteiger partial charge in [0.2, 0.25) is 0 Å². The van der Waals surface area contributed by atoms with Crippen LogP contribution in [-0.4, -0.2) is 15.8 Å². The van der Waals surface area contributed by atoms with Crippen LogP contribution in [0.25, 0.3) is 6.08 Å². The van der Waals surface area contributed by atoms with Crippen molar-refractivity contribution in [2.24, 2.45) is 5.73 Å². The molecule has 3 heteroatoms. The van der Waals surface area contributed by atoms with E-state index in [2.05, 4.69) is 42.0 Å². The summed E-state index contributed by atoms with van der Waals surface area (Å²) in [6.45, 7) is 4.39. The first-order chi connectivity index (χ1) is 8.19. The first-order valence-corrected chi connectivity index (χ1v) is 6.69. The predicted octanol–water partition coefficient (Wildman–Crippen LogP) is 3.14. The van der Waals surface area contributed by atoms with Gasteiger partial charge in [0, 0.05) is 18.3 Å². The topological polar surface area (TPSA) is 43.8 Å². The third kappa shape index (κ3) is 3.19. The average molecular weight is 233 g/mol. The Morgan fingerprint density at radius 2 is 2.24 bits per heavy atom. The molecule has 2 N–H and O–H groups in total. The first kappa shape index (κ1) is 12.4. The molecule has 0 radical (unpaired) electrons. The van der Waals surface area contributed by atoms with E-state index >= 15 is 0 Å². The molecule has 0 aliphatic heterocycles. The summed E-state index contributed by atoms with van der Waals surface area (Å²) in [7, 11) is 0. The van der Waals surface area contributed by atoms with E-state index in [9.17, 15) is 0 Å². The molecule has 1 aromatic heterocycles. The van der Waals surface area contributed by atoms with Crippen LogP contribution in [-0.2, 0) is 0 Å². The fourth-order valence-corrected chi connectivity index (χ4v) is 2.23. The van der Waals surface area contributed by atoms with Gasteiger partial charge >= 0.3 is 0 Å². The smallest absolute Gasteiger partial charge is 0.0850 e. The van der Waals surface area contributed by atoms with Gasteiger partial charge in [-0.25, -0.2) is 0 Å². The summed E-state index contributed by atoms with van der Waals surface area (Å²) in [5.41, 5.74) is 8.50. The fraction of sp³-hybridized carbons (Fsp3) is 0.643. The number of hydrogen-bond donors (Lipinski definition) is 1. The van der Waals surface area contributed by atoms with E-state index in [4.69, 9.17) is 5.73 Å². The lowest BCUT2D eigenvalue weighted by Crippen LogP contribution is -2.23. The van der Waals surface area contributed by atoms with Crippen molar-refractivity contribution >= 4 is 6.08 Å². The molecule has 0 saturated heterocycles. The standard InChI is InChI=1S/C14H23N3/c1-3-11(2)17-9-8-14(16-17)10-12-4-6-13(15)7-5-12/h8-11,13H,3-7,15H2,1-2H3. The van der Waals surface area contributed by atoms with Crippen LogP contribution in [0.2, 0.25) is 0 Å². The molecule has 0 bridgehead atoms. The molecule has 1 atom stereocenters. The molecule has 0 aromatic carbocycles. The normalized spacial score (nSPS) is 22.5. The van der Waals surface area contributed by atoms with Crippen molar-refractivity contribution in [2.45, 2.75) is 58.0 Å². The van der Waals surface area contributed by atoms with E-state index < -0.39 is 0 Å². The number of nitrogens with two attached hydrogens (primary N) is 1. The third-order valence-electron chi connectivity index (χ3n) is 3.70. The van der Waals surface area contributed by atoms with Crippen molar-refractivity contribution in [3.8, 4) is 0 Å². The highest BCUT2D eigenvalue weighted by Crippen LogP contribution is 2.24. The minimum atomic E-state index is 0.407. The summed E-state index contributed by atoms with van der Waals surface area (Å²) in [6, 6.07) is 3.00. The molecule has 2 rings (SSSR count). The number of hydrogen-bond acceptors (Lipinski definition) is 2. The molecule has 1 aliphatic carbocycles. The van der Waals surface area contributed by atoms with Gasteiger partial charge in [0.05, 0.1) is 5.69 Å². The Morgan fingerprint density at radius 3 is 2.88 bits per heavy atom. The summed E-state index contributed by atoms with van der Waals surface area (Å²) < 4.78 is 2.06. The van der Waals surface area contributed by atoms with Crippen molar-refractivity contribution in [3.63, 3.8) is 0 Å². The van der Waals surface area contributed by atoms with Gasteiger partial charge in [-0.15, -0.1) is 0 Å². The molecule has 1 saturated carbocycles. The lowest BCUT2D eigenvalue weighted by molar-refractivity contribution is 0.477. The number of rotatable bonds is 3. The average Bonchev–Trinajstić information content (AvgIpc) is 2.80. The first-order valence-electron chi connectivity index (χ1n) is 6.69. The molecule has 1 aromatic rings. The number of allylic oxidation sites excluding steroid dienone is 1. The second-order valence-corrected chi connectivity index (χ2v) is 5.12. The Balaban J connectivity index is 2.03. The van der Waals surface area contributed by atoms with Gasteiger partial charge in [-0.1, -0.05) is 12.5 Å². The van der Waals surface area contributed by atoms with E-state index in [1.54, 1.807) is 0 Å². The maximum atomic E-state index is 5.91. The van der Waals surface area contributed by atoms with Crippen molar-refractivity contribution in [1.82, 2.24) is 9.78 Å². The van der Waals surface area contributed by atoms with Crippen LogP contribution >= 0.6 is 0 Å². The summed E-state index contributed by atoms with van der Waals surface area (Å²) in [4.78, 5) is 0. The van der Waals surface area contributed by atoms with Crippen molar-refractivity contribution in [3.05, 3.63) is 23.5 Å². The third-order valence-corrected chi connectivity index (χ3v) is 3.70. The van der Waals surface area contributed by atoms with Gasteiger partial charge in [-0.2, -0.15) is 5.10 Å². The zero-order valence-corrected chi connectivity index (χ0v) is 10.9. The molecule has 17 heavy (non-hydrogen) atoms. The molecule has 1 heterocycles. The Bertz CT molecular complexity index is 382. The molecule has 1 unspecified atom stereocenters. The van der Waals surface area contributed by atoms with Crippen LogP contribution in [0.15, 0.2) is 17.8 Å². The van der Waals surface area contributed by atoms with E-state index in [1.807, 2.05) is 0 Å². The molecule has 1 aliphatic rings. The molecule has 3 nitrogen and oxygen atoms in total. The largest absolute Gasteiger partial charge is 0.328 e. The Hall–Kier alpha value is -1.09. The second-order valence-electron chi connectivity index (χ2n) is 5.12. The van der Waals surface area contributed by atoms with Crippen LogP contribution in [0.4, 0.5) is 0 Å². The fourth-order valence-electron chi connectivity index (χ4n) is 2.23. The second kappa shape index (κ2) is 5.50. The van der Waals surface area contributed by atoms with E-state index in [1.165, 1.54) is 5.57 Å². The summed E-state index contributed by atoms with van der Waals surface area (Å²) in [5.74, 6) is 0. The molecule has 0 spiro atoms. The maximum Gasteiger partial charge on any atom is 0.0850 e. The number of nitrogens with zero attached hydrogens (tertiary/aromatic N) is 2. The van der Waals surface area contributed by atoms with Crippen LogP contribution in [0.3, 0.4) is 0 Å². The van der Waals surface area contributed by atoms with Crippen LogP contribution < -0.4 is 5.73 Å². The maximum absolute atomic E-state index is 5.91. The highest BCUT2D eigenvalue weighted by Gasteiger charge is 2.13. The monoisotopic (exact) mass is 233 g/mol. The van der Waals surface area contributed by atoms with Gasteiger partial charge in [-0.3, -0.25) is 4.68 Å². The quantitative estimate of drug-likeness (QED) is 0.871. The predicted molar refractivity (Wildman–Crippen MR) is 71.6 cm³/mol.